The molecule has 104 valence electrons. The molecular weight excluding hydrogens is 240 g/mol. The molecule has 0 aliphatic carbocycles. The van der Waals surface area contributed by atoms with Crippen LogP contribution in [0.2, 0.25) is 0 Å². The molecular formula is C20H24. The minimum atomic E-state index is 1.15. The van der Waals surface area contributed by atoms with Crippen molar-refractivity contribution in [3.8, 4) is 0 Å². The van der Waals surface area contributed by atoms with Gasteiger partial charge in [0.25, 0.3) is 0 Å². The minimum Gasteiger partial charge on any atom is -0.0905 e. The topological polar surface area (TPSA) is 0 Å². The Morgan fingerprint density at radius 2 is 0.850 bits per heavy atom. The summed E-state index contributed by atoms with van der Waals surface area (Å²) in [5.74, 6) is 0. The molecule has 0 amide bonds. The van der Waals surface area contributed by atoms with Gasteiger partial charge in [-0.05, 0) is 80.5 Å². The third-order valence-corrected chi connectivity index (χ3v) is 3.96. The van der Waals surface area contributed by atoms with E-state index < -0.39 is 0 Å². The Balaban J connectivity index is 2.64. The van der Waals surface area contributed by atoms with E-state index >= 15 is 0 Å². The van der Waals surface area contributed by atoms with Gasteiger partial charge in [0.2, 0.25) is 0 Å². The van der Waals surface area contributed by atoms with Crippen molar-refractivity contribution in [2.75, 3.05) is 0 Å². The Morgan fingerprint density at radius 3 is 1.10 bits per heavy atom. The molecule has 20 heavy (non-hydrogen) atoms. The molecule has 0 fully saturated rings. The second-order valence-corrected chi connectivity index (χ2v) is 6.03. The Kier molecular flexibility index (Phi) is 3.85. The second-order valence-electron chi connectivity index (χ2n) is 6.03. The maximum Gasteiger partial charge on any atom is -0.0125 e. The Labute approximate surface area is 123 Å². The van der Waals surface area contributed by atoms with Crippen LogP contribution in [0.15, 0.2) is 30.8 Å². The first kappa shape index (κ1) is 14.6. The van der Waals surface area contributed by atoms with E-state index in [1.54, 1.807) is 0 Å². The van der Waals surface area contributed by atoms with Crippen molar-refractivity contribution in [1.29, 1.82) is 0 Å². The van der Waals surface area contributed by atoms with E-state index in [0.29, 0.717) is 0 Å². The predicted molar refractivity (Wildman–Crippen MR) is 89.4 cm³/mol. The molecule has 2 aromatic rings. The summed E-state index contributed by atoms with van der Waals surface area (Å²) in [7, 11) is 0. The van der Waals surface area contributed by atoms with Crippen molar-refractivity contribution < 1.29 is 0 Å². The third kappa shape index (κ3) is 2.56. The van der Waals surface area contributed by atoms with E-state index in [1.807, 2.05) is 0 Å². The van der Waals surface area contributed by atoms with E-state index in [-0.39, 0.29) is 0 Å². The van der Waals surface area contributed by atoms with Gasteiger partial charge in [0.1, 0.15) is 0 Å². The summed E-state index contributed by atoms with van der Waals surface area (Å²) < 4.78 is 0. The molecule has 0 nitrogen and oxygen atoms in total. The quantitative estimate of drug-likeness (QED) is 0.662. The van der Waals surface area contributed by atoms with E-state index in [4.69, 9.17) is 0 Å². The molecule has 0 heterocycles. The summed E-state index contributed by atoms with van der Waals surface area (Å²) in [4.78, 5) is 0. The predicted octanol–water partition coefficient (Wildman–Crippen LogP) is 5.60. The number of hydrogen-bond donors (Lipinski definition) is 0. The number of aryl methyl sites for hydroxylation is 6. The average molecular weight is 264 g/mol. The van der Waals surface area contributed by atoms with Crippen molar-refractivity contribution in [3.63, 3.8) is 0 Å². The molecule has 0 spiro atoms. The van der Waals surface area contributed by atoms with Gasteiger partial charge >= 0.3 is 0 Å². The van der Waals surface area contributed by atoms with E-state index in [0.717, 1.165) is 5.57 Å². The Bertz CT molecular complexity index is 582. The molecule has 2 aromatic carbocycles. The maximum absolute atomic E-state index is 4.40. The largest absolute Gasteiger partial charge is 0.0905 e. The van der Waals surface area contributed by atoms with Crippen molar-refractivity contribution in [2.24, 2.45) is 0 Å². The molecule has 0 bridgehead atoms. The zero-order chi connectivity index (χ0) is 15.0. The van der Waals surface area contributed by atoms with Crippen molar-refractivity contribution in [2.45, 2.75) is 41.5 Å². The van der Waals surface area contributed by atoms with Gasteiger partial charge in [-0.2, -0.15) is 0 Å². The van der Waals surface area contributed by atoms with Gasteiger partial charge in [-0.1, -0.05) is 42.0 Å². The van der Waals surface area contributed by atoms with Crippen LogP contribution in [0.5, 0.6) is 0 Å². The van der Waals surface area contributed by atoms with Crippen LogP contribution in [0.3, 0.4) is 0 Å². The third-order valence-electron chi connectivity index (χ3n) is 3.96. The first-order valence-electron chi connectivity index (χ1n) is 7.16. The van der Waals surface area contributed by atoms with Gasteiger partial charge in [-0.3, -0.25) is 0 Å². The molecule has 0 radical (unpaired) electrons. The molecule has 0 atom stereocenters. The highest BCUT2D eigenvalue weighted by molar-refractivity contribution is 5.84. The lowest BCUT2D eigenvalue weighted by Gasteiger charge is -2.18. The maximum atomic E-state index is 4.40. The fourth-order valence-corrected chi connectivity index (χ4v) is 3.44. The van der Waals surface area contributed by atoms with Gasteiger partial charge in [-0.15, -0.1) is 0 Å². The number of benzene rings is 2. The average Bonchev–Trinajstić information content (AvgIpc) is 2.25. The van der Waals surface area contributed by atoms with Crippen molar-refractivity contribution >= 4 is 5.57 Å². The second kappa shape index (κ2) is 5.28. The Morgan fingerprint density at radius 1 is 0.600 bits per heavy atom. The fourth-order valence-electron chi connectivity index (χ4n) is 3.44. The highest BCUT2D eigenvalue weighted by Crippen LogP contribution is 2.32. The van der Waals surface area contributed by atoms with Crippen LogP contribution in [0.1, 0.15) is 44.5 Å². The highest BCUT2D eigenvalue weighted by atomic mass is 14.2. The molecule has 2 rings (SSSR count). The Hall–Kier alpha value is -1.82. The van der Waals surface area contributed by atoms with E-state index in [2.05, 4.69) is 72.4 Å². The van der Waals surface area contributed by atoms with Gasteiger partial charge in [0.15, 0.2) is 0 Å². The van der Waals surface area contributed by atoms with Gasteiger partial charge in [0, 0.05) is 0 Å². The number of rotatable bonds is 2. The lowest BCUT2D eigenvalue weighted by molar-refractivity contribution is 1.25. The first-order valence-corrected chi connectivity index (χ1v) is 7.16. The molecule has 0 aromatic heterocycles. The lowest BCUT2D eigenvalue weighted by Crippen LogP contribution is -2.00. The van der Waals surface area contributed by atoms with Crippen LogP contribution in [0, 0.1) is 41.5 Å². The zero-order valence-corrected chi connectivity index (χ0v) is 13.5. The van der Waals surface area contributed by atoms with Crippen LogP contribution >= 0.6 is 0 Å². The molecule has 0 saturated carbocycles. The highest BCUT2D eigenvalue weighted by Gasteiger charge is 2.13. The lowest BCUT2D eigenvalue weighted by atomic mass is 9.86. The van der Waals surface area contributed by atoms with Gasteiger partial charge in [0.05, 0.1) is 0 Å². The fraction of sp³-hybridized carbons (Fsp3) is 0.300. The van der Waals surface area contributed by atoms with E-state index in [9.17, 15) is 0 Å². The van der Waals surface area contributed by atoms with Gasteiger partial charge in [-0.25, -0.2) is 0 Å². The molecule has 0 heteroatoms. The monoisotopic (exact) mass is 264 g/mol. The van der Waals surface area contributed by atoms with E-state index in [1.165, 1.54) is 44.5 Å². The van der Waals surface area contributed by atoms with Crippen molar-refractivity contribution in [3.05, 3.63) is 75.4 Å². The smallest absolute Gasteiger partial charge is 0.0125 e. The normalized spacial score (nSPS) is 10.7. The molecule has 0 aliphatic heterocycles. The van der Waals surface area contributed by atoms with Crippen LogP contribution in [-0.4, -0.2) is 0 Å². The summed E-state index contributed by atoms with van der Waals surface area (Å²) in [5.41, 5.74) is 11.6. The van der Waals surface area contributed by atoms with Crippen molar-refractivity contribution in [1.82, 2.24) is 0 Å². The molecule has 0 saturated heterocycles. The minimum absolute atomic E-state index is 1.15. The summed E-state index contributed by atoms with van der Waals surface area (Å²) in [6.07, 6.45) is 0. The standard InChI is InChI=1S/C20H24/c1-12-8-14(3)19(15(4)9-12)18(7)20-16(5)10-13(2)11-17(20)6/h8-11H,7H2,1-6H3. The first-order chi connectivity index (χ1) is 9.31. The van der Waals surface area contributed by atoms with Crippen LogP contribution in [0.25, 0.3) is 5.57 Å². The van der Waals surface area contributed by atoms with Crippen LogP contribution in [-0.2, 0) is 0 Å². The summed E-state index contributed by atoms with van der Waals surface area (Å²) in [6.45, 7) is 17.4. The summed E-state index contributed by atoms with van der Waals surface area (Å²) in [5, 5.41) is 0. The molecule has 0 N–H and O–H groups in total. The summed E-state index contributed by atoms with van der Waals surface area (Å²) >= 11 is 0. The SMILES string of the molecule is C=C(c1c(C)cc(C)cc1C)c1c(C)cc(C)cc1C. The van der Waals surface area contributed by atoms with Crippen LogP contribution in [0.4, 0.5) is 0 Å². The zero-order valence-electron chi connectivity index (χ0n) is 13.5. The van der Waals surface area contributed by atoms with Crippen LogP contribution < -0.4 is 0 Å². The molecule has 0 unspecified atom stereocenters. The molecule has 0 aliphatic rings. The number of hydrogen-bond acceptors (Lipinski definition) is 0. The summed E-state index contributed by atoms with van der Waals surface area (Å²) in [6, 6.07) is 8.97. The van der Waals surface area contributed by atoms with Gasteiger partial charge < -0.3 is 0 Å².